The SMILES string of the molecule is CC(CBr)(NC(=O)C1CCCS1)c1ccccc1. The van der Waals surface area contributed by atoms with Gasteiger partial charge in [-0.05, 0) is 31.1 Å². The van der Waals surface area contributed by atoms with Gasteiger partial charge in [-0.1, -0.05) is 46.3 Å². The van der Waals surface area contributed by atoms with E-state index in [1.54, 1.807) is 11.8 Å². The summed E-state index contributed by atoms with van der Waals surface area (Å²) in [6, 6.07) is 10.1. The third-order valence-electron chi connectivity index (χ3n) is 3.30. The summed E-state index contributed by atoms with van der Waals surface area (Å²) in [6.07, 6.45) is 2.16. The second-order valence-electron chi connectivity index (χ2n) is 4.82. The van der Waals surface area contributed by atoms with Gasteiger partial charge in [-0.2, -0.15) is 0 Å². The molecule has 98 valence electrons. The van der Waals surface area contributed by atoms with Gasteiger partial charge in [-0.3, -0.25) is 4.79 Å². The molecule has 0 aromatic heterocycles. The highest BCUT2D eigenvalue weighted by atomic mass is 79.9. The lowest BCUT2D eigenvalue weighted by Gasteiger charge is -2.30. The summed E-state index contributed by atoms with van der Waals surface area (Å²) in [5.74, 6) is 1.28. The van der Waals surface area contributed by atoms with Crippen LogP contribution in [0, 0.1) is 0 Å². The van der Waals surface area contributed by atoms with Crippen LogP contribution in [0.1, 0.15) is 25.3 Å². The van der Waals surface area contributed by atoms with Crippen LogP contribution in [0.25, 0.3) is 0 Å². The number of carbonyl (C=O) groups excluding carboxylic acids is 1. The minimum atomic E-state index is -0.332. The van der Waals surface area contributed by atoms with Crippen LogP contribution in [0.4, 0.5) is 0 Å². The lowest BCUT2D eigenvalue weighted by molar-refractivity contribution is -0.122. The zero-order valence-electron chi connectivity index (χ0n) is 10.5. The Labute approximate surface area is 121 Å². The number of carbonyl (C=O) groups is 1. The van der Waals surface area contributed by atoms with Gasteiger partial charge in [0, 0.05) is 5.33 Å². The number of halogens is 1. The van der Waals surface area contributed by atoms with Gasteiger partial charge in [-0.15, -0.1) is 11.8 Å². The van der Waals surface area contributed by atoms with Gasteiger partial charge in [0.2, 0.25) is 5.91 Å². The van der Waals surface area contributed by atoms with Crippen LogP contribution in [0.2, 0.25) is 0 Å². The van der Waals surface area contributed by atoms with Crippen LogP contribution in [0.15, 0.2) is 30.3 Å². The molecule has 1 aliphatic rings. The van der Waals surface area contributed by atoms with E-state index >= 15 is 0 Å². The number of amides is 1. The summed E-state index contributed by atoms with van der Waals surface area (Å²) in [7, 11) is 0. The first kappa shape index (κ1) is 13.9. The average Bonchev–Trinajstić information content (AvgIpc) is 2.93. The van der Waals surface area contributed by atoms with Gasteiger partial charge in [0.1, 0.15) is 0 Å². The van der Waals surface area contributed by atoms with Gasteiger partial charge < -0.3 is 5.32 Å². The third kappa shape index (κ3) is 3.09. The first-order chi connectivity index (χ1) is 8.65. The normalized spacial score (nSPS) is 22.4. The number of nitrogens with one attached hydrogen (secondary N) is 1. The molecule has 1 aromatic carbocycles. The van der Waals surface area contributed by atoms with Crippen molar-refractivity contribution in [1.29, 1.82) is 0 Å². The van der Waals surface area contributed by atoms with E-state index in [4.69, 9.17) is 0 Å². The molecule has 1 fully saturated rings. The van der Waals surface area contributed by atoms with Gasteiger partial charge in [0.05, 0.1) is 10.8 Å². The molecule has 1 aliphatic heterocycles. The maximum Gasteiger partial charge on any atom is 0.233 e. The molecule has 0 saturated carbocycles. The molecule has 0 bridgehead atoms. The Kier molecular flexibility index (Phi) is 4.73. The summed E-state index contributed by atoms with van der Waals surface area (Å²) in [4.78, 5) is 12.2. The fourth-order valence-electron chi connectivity index (χ4n) is 2.13. The van der Waals surface area contributed by atoms with E-state index in [2.05, 4.69) is 40.3 Å². The number of thioether (sulfide) groups is 1. The van der Waals surface area contributed by atoms with Crippen LogP contribution in [-0.4, -0.2) is 22.2 Å². The van der Waals surface area contributed by atoms with Gasteiger partial charge in [0.25, 0.3) is 0 Å². The van der Waals surface area contributed by atoms with Gasteiger partial charge in [0.15, 0.2) is 0 Å². The van der Waals surface area contributed by atoms with E-state index in [0.717, 1.165) is 24.2 Å². The fourth-order valence-corrected chi connectivity index (χ4v) is 3.75. The molecule has 2 nitrogen and oxygen atoms in total. The van der Waals surface area contributed by atoms with E-state index in [1.807, 2.05) is 18.2 Å². The number of hydrogen-bond donors (Lipinski definition) is 1. The number of rotatable bonds is 4. The first-order valence-corrected chi connectivity index (χ1v) is 8.38. The van der Waals surface area contributed by atoms with Crippen molar-refractivity contribution in [2.24, 2.45) is 0 Å². The molecule has 2 atom stereocenters. The van der Waals surface area contributed by atoms with Crippen molar-refractivity contribution in [2.45, 2.75) is 30.6 Å². The van der Waals surface area contributed by atoms with Crippen molar-refractivity contribution >= 4 is 33.6 Å². The predicted molar refractivity (Wildman–Crippen MR) is 81.2 cm³/mol. The van der Waals surface area contributed by atoms with Crippen molar-refractivity contribution in [3.63, 3.8) is 0 Å². The van der Waals surface area contributed by atoms with Crippen molar-refractivity contribution in [3.8, 4) is 0 Å². The second-order valence-corrected chi connectivity index (χ2v) is 6.69. The van der Waals surface area contributed by atoms with Crippen LogP contribution in [0.5, 0.6) is 0 Å². The number of benzene rings is 1. The summed E-state index contributed by atoms with van der Waals surface area (Å²) >= 11 is 5.29. The zero-order chi connectivity index (χ0) is 13.0. The van der Waals surface area contributed by atoms with Crippen LogP contribution >= 0.6 is 27.7 Å². The zero-order valence-corrected chi connectivity index (χ0v) is 12.9. The highest BCUT2D eigenvalue weighted by molar-refractivity contribution is 9.09. The Hall–Kier alpha value is -0.480. The molecule has 1 heterocycles. The predicted octanol–water partition coefficient (Wildman–Crippen LogP) is 3.31. The lowest BCUT2D eigenvalue weighted by Crippen LogP contribution is -2.47. The Bertz CT molecular complexity index is 406. The quantitative estimate of drug-likeness (QED) is 0.859. The fraction of sp³-hybridized carbons (Fsp3) is 0.500. The third-order valence-corrected chi connectivity index (χ3v) is 5.80. The number of alkyl halides is 1. The topological polar surface area (TPSA) is 29.1 Å². The monoisotopic (exact) mass is 327 g/mol. The Balaban J connectivity index is 2.10. The molecular weight excluding hydrogens is 310 g/mol. The molecular formula is C14H18BrNOS. The molecule has 4 heteroatoms. The van der Waals surface area contributed by atoms with E-state index in [-0.39, 0.29) is 16.7 Å². The van der Waals surface area contributed by atoms with Gasteiger partial charge in [-0.25, -0.2) is 0 Å². The average molecular weight is 328 g/mol. The maximum atomic E-state index is 12.2. The molecule has 1 amide bonds. The van der Waals surface area contributed by atoms with E-state index < -0.39 is 0 Å². The second kappa shape index (κ2) is 6.11. The summed E-state index contributed by atoms with van der Waals surface area (Å²) in [5.41, 5.74) is 0.805. The molecule has 18 heavy (non-hydrogen) atoms. The van der Waals surface area contributed by atoms with Crippen molar-refractivity contribution < 1.29 is 4.79 Å². The summed E-state index contributed by atoms with van der Waals surface area (Å²) in [5, 5.41) is 4.04. The summed E-state index contributed by atoms with van der Waals surface area (Å²) < 4.78 is 0. The molecule has 0 aliphatic carbocycles. The Morgan fingerprint density at radius 3 is 2.78 bits per heavy atom. The highest BCUT2D eigenvalue weighted by Gasteiger charge is 2.31. The molecule has 0 spiro atoms. The van der Waals surface area contributed by atoms with Crippen LogP contribution < -0.4 is 5.32 Å². The van der Waals surface area contributed by atoms with E-state index in [0.29, 0.717) is 5.33 Å². The van der Waals surface area contributed by atoms with Crippen LogP contribution in [0.3, 0.4) is 0 Å². The standard InChI is InChI=1S/C14H18BrNOS/c1-14(10-15,11-6-3-2-4-7-11)16-13(17)12-8-5-9-18-12/h2-4,6-7,12H,5,8-10H2,1H3,(H,16,17). The lowest BCUT2D eigenvalue weighted by atomic mass is 9.94. The van der Waals surface area contributed by atoms with Gasteiger partial charge >= 0.3 is 0 Å². The van der Waals surface area contributed by atoms with Crippen molar-refractivity contribution in [1.82, 2.24) is 5.32 Å². The Morgan fingerprint density at radius 2 is 2.22 bits per heavy atom. The number of hydrogen-bond acceptors (Lipinski definition) is 2. The molecule has 0 radical (unpaired) electrons. The molecule has 1 saturated heterocycles. The Morgan fingerprint density at radius 1 is 1.50 bits per heavy atom. The van der Waals surface area contributed by atoms with Crippen molar-refractivity contribution in [2.75, 3.05) is 11.1 Å². The van der Waals surface area contributed by atoms with Crippen molar-refractivity contribution in [3.05, 3.63) is 35.9 Å². The first-order valence-electron chi connectivity index (χ1n) is 6.21. The summed E-state index contributed by atoms with van der Waals surface area (Å²) in [6.45, 7) is 2.06. The smallest absolute Gasteiger partial charge is 0.233 e. The minimum Gasteiger partial charge on any atom is -0.345 e. The molecule has 1 aromatic rings. The maximum absolute atomic E-state index is 12.2. The highest BCUT2D eigenvalue weighted by Crippen LogP contribution is 2.29. The molecule has 1 N–H and O–H groups in total. The van der Waals surface area contributed by atoms with E-state index in [9.17, 15) is 4.79 Å². The molecule has 2 rings (SSSR count). The van der Waals surface area contributed by atoms with Crippen LogP contribution in [-0.2, 0) is 10.3 Å². The largest absolute Gasteiger partial charge is 0.345 e. The van der Waals surface area contributed by atoms with E-state index in [1.165, 1.54) is 0 Å². The molecule has 2 unspecified atom stereocenters. The minimum absolute atomic E-state index is 0.132.